The van der Waals surface area contributed by atoms with Gasteiger partial charge in [-0.05, 0) is 37.3 Å². The lowest BCUT2D eigenvalue weighted by Crippen LogP contribution is -2.36. The average Bonchev–Trinajstić information content (AvgIpc) is 2.34. The molecule has 2 rings (SSSR count). The van der Waals surface area contributed by atoms with E-state index in [0.29, 0.717) is 17.3 Å². The van der Waals surface area contributed by atoms with Crippen LogP contribution in [0.15, 0.2) is 0 Å². The van der Waals surface area contributed by atoms with Crippen molar-refractivity contribution in [2.75, 3.05) is 30.3 Å². The molecule has 5 nitrogen and oxygen atoms in total. The smallest absolute Gasteiger partial charge is 0.224 e. The number of hydrogen-bond donors (Lipinski definition) is 2. The molecule has 1 aromatic heterocycles. The van der Waals surface area contributed by atoms with Crippen molar-refractivity contribution < 1.29 is 5.11 Å². The third-order valence-electron chi connectivity index (χ3n) is 3.26. The Hall–Kier alpha value is -1.07. The molecule has 0 amide bonds. The van der Waals surface area contributed by atoms with Crippen LogP contribution in [0.2, 0.25) is 5.28 Å². The van der Waals surface area contributed by atoms with Crippen molar-refractivity contribution in [1.82, 2.24) is 9.97 Å². The summed E-state index contributed by atoms with van der Waals surface area (Å²) in [5.74, 6) is 1.12. The van der Waals surface area contributed by atoms with Crippen LogP contribution >= 0.6 is 11.6 Å². The molecule has 17 heavy (non-hydrogen) atoms. The van der Waals surface area contributed by atoms with Gasteiger partial charge in [-0.1, -0.05) is 0 Å². The number of aromatic nitrogens is 2. The van der Waals surface area contributed by atoms with Crippen molar-refractivity contribution >= 4 is 23.1 Å². The van der Waals surface area contributed by atoms with Crippen molar-refractivity contribution in [3.8, 4) is 0 Å². The van der Waals surface area contributed by atoms with Crippen LogP contribution in [0, 0.1) is 12.8 Å². The van der Waals surface area contributed by atoms with Crippen LogP contribution in [0.25, 0.3) is 0 Å². The number of rotatable bonds is 2. The van der Waals surface area contributed by atoms with E-state index >= 15 is 0 Å². The number of aryl methyl sites for hydroxylation is 1. The average molecular weight is 257 g/mol. The minimum atomic E-state index is 0.232. The third-order valence-corrected chi connectivity index (χ3v) is 3.43. The van der Waals surface area contributed by atoms with Crippen LogP contribution in [-0.2, 0) is 0 Å². The first-order chi connectivity index (χ1) is 8.11. The maximum Gasteiger partial charge on any atom is 0.224 e. The minimum Gasteiger partial charge on any atom is -0.396 e. The van der Waals surface area contributed by atoms with E-state index in [0.717, 1.165) is 31.7 Å². The van der Waals surface area contributed by atoms with Gasteiger partial charge in [0.2, 0.25) is 5.28 Å². The second kappa shape index (κ2) is 5.06. The summed E-state index contributed by atoms with van der Waals surface area (Å²) in [7, 11) is 0. The number of nitrogen functional groups attached to an aromatic ring is 1. The van der Waals surface area contributed by atoms with E-state index in [1.165, 1.54) is 0 Å². The molecule has 0 aliphatic carbocycles. The molecule has 2 heterocycles. The number of nitrogens with zero attached hydrogens (tertiary/aromatic N) is 3. The Balaban J connectivity index is 2.18. The van der Waals surface area contributed by atoms with Crippen LogP contribution in [-0.4, -0.2) is 34.8 Å². The molecule has 94 valence electrons. The summed E-state index contributed by atoms with van der Waals surface area (Å²) in [5, 5.41) is 9.33. The van der Waals surface area contributed by atoms with E-state index in [2.05, 4.69) is 14.9 Å². The number of anilines is 2. The Bertz CT molecular complexity index is 405. The Kier molecular flexibility index (Phi) is 3.69. The molecule has 1 fully saturated rings. The standard InChI is InChI=1S/C11H17ClN4O/c1-7-9(13)10(15-11(12)14-7)16-4-2-8(6-17)3-5-16/h8,17H,2-6,13H2,1H3. The van der Waals surface area contributed by atoms with Crippen molar-refractivity contribution in [2.24, 2.45) is 5.92 Å². The Morgan fingerprint density at radius 2 is 2.06 bits per heavy atom. The van der Waals surface area contributed by atoms with E-state index in [9.17, 15) is 0 Å². The van der Waals surface area contributed by atoms with Crippen LogP contribution < -0.4 is 10.6 Å². The van der Waals surface area contributed by atoms with Crippen molar-refractivity contribution in [3.05, 3.63) is 11.0 Å². The Morgan fingerprint density at radius 3 is 2.65 bits per heavy atom. The number of aliphatic hydroxyl groups is 1. The molecule has 1 aliphatic heterocycles. The molecule has 0 atom stereocenters. The lowest BCUT2D eigenvalue weighted by molar-refractivity contribution is 0.203. The molecule has 0 radical (unpaired) electrons. The number of hydrogen-bond acceptors (Lipinski definition) is 5. The summed E-state index contributed by atoms with van der Waals surface area (Å²) in [4.78, 5) is 10.3. The van der Waals surface area contributed by atoms with Gasteiger partial charge in [0.05, 0.1) is 11.4 Å². The second-order valence-electron chi connectivity index (χ2n) is 4.43. The molecule has 0 saturated carbocycles. The first-order valence-electron chi connectivity index (χ1n) is 5.77. The van der Waals surface area contributed by atoms with Gasteiger partial charge in [0.25, 0.3) is 0 Å². The molecular formula is C11H17ClN4O. The first-order valence-corrected chi connectivity index (χ1v) is 6.15. The molecule has 0 unspecified atom stereocenters. The van der Waals surface area contributed by atoms with Gasteiger partial charge in [-0.2, -0.15) is 4.98 Å². The van der Waals surface area contributed by atoms with Crippen molar-refractivity contribution in [1.29, 1.82) is 0 Å². The number of aliphatic hydroxyl groups excluding tert-OH is 1. The summed E-state index contributed by atoms with van der Waals surface area (Å²) < 4.78 is 0. The topological polar surface area (TPSA) is 75.3 Å². The van der Waals surface area contributed by atoms with Gasteiger partial charge in [-0.25, -0.2) is 4.98 Å². The van der Waals surface area contributed by atoms with E-state index in [4.69, 9.17) is 22.4 Å². The monoisotopic (exact) mass is 256 g/mol. The number of halogens is 1. The second-order valence-corrected chi connectivity index (χ2v) is 4.77. The van der Waals surface area contributed by atoms with Crippen LogP contribution in [0.5, 0.6) is 0 Å². The molecule has 1 aliphatic rings. The highest BCUT2D eigenvalue weighted by atomic mass is 35.5. The fourth-order valence-corrected chi connectivity index (χ4v) is 2.31. The van der Waals surface area contributed by atoms with Gasteiger partial charge in [0, 0.05) is 19.7 Å². The predicted molar refractivity (Wildman–Crippen MR) is 68.2 cm³/mol. The number of piperidine rings is 1. The Morgan fingerprint density at radius 1 is 1.41 bits per heavy atom. The highest BCUT2D eigenvalue weighted by Crippen LogP contribution is 2.28. The zero-order valence-electron chi connectivity index (χ0n) is 9.86. The molecular weight excluding hydrogens is 240 g/mol. The lowest BCUT2D eigenvalue weighted by atomic mass is 9.98. The van der Waals surface area contributed by atoms with Gasteiger partial charge in [-0.15, -0.1) is 0 Å². The number of nitrogens with two attached hydrogens (primary N) is 1. The normalized spacial score (nSPS) is 17.5. The summed E-state index contributed by atoms with van der Waals surface area (Å²) in [6.45, 7) is 3.78. The molecule has 1 saturated heterocycles. The van der Waals surface area contributed by atoms with Gasteiger partial charge in [-0.3, -0.25) is 0 Å². The van der Waals surface area contributed by atoms with E-state index in [1.54, 1.807) is 0 Å². The quantitative estimate of drug-likeness (QED) is 0.779. The van der Waals surface area contributed by atoms with Crippen molar-refractivity contribution in [3.63, 3.8) is 0 Å². The molecule has 0 bridgehead atoms. The van der Waals surface area contributed by atoms with Gasteiger partial charge in [0.1, 0.15) is 0 Å². The van der Waals surface area contributed by atoms with Crippen LogP contribution in [0.3, 0.4) is 0 Å². The third kappa shape index (κ3) is 2.61. The van der Waals surface area contributed by atoms with Crippen molar-refractivity contribution in [2.45, 2.75) is 19.8 Å². The van der Waals surface area contributed by atoms with E-state index < -0.39 is 0 Å². The van der Waals surface area contributed by atoms with Gasteiger partial charge < -0.3 is 15.7 Å². The highest BCUT2D eigenvalue weighted by Gasteiger charge is 2.22. The fraction of sp³-hybridized carbons (Fsp3) is 0.636. The SMILES string of the molecule is Cc1nc(Cl)nc(N2CCC(CO)CC2)c1N. The lowest BCUT2D eigenvalue weighted by Gasteiger charge is -2.32. The summed E-state index contributed by atoms with van der Waals surface area (Å²) >= 11 is 5.85. The summed E-state index contributed by atoms with van der Waals surface area (Å²) in [5.41, 5.74) is 7.28. The molecule has 1 aromatic rings. The van der Waals surface area contributed by atoms with Crippen LogP contribution in [0.1, 0.15) is 18.5 Å². The predicted octanol–water partition coefficient (Wildman–Crippen LogP) is 1.23. The molecule has 6 heteroatoms. The summed E-state index contributed by atoms with van der Waals surface area (Å²) in [6.07, 6.45) is 1.91. The summed E-state index contributed by atoms with van der Waals surface area (Å²) in [6, 6.07) is 0. The molecule has 3 N–H and O–H groups in total. The van der Waals surface area contributed by atoms with Crippen LogP contribution in [0.4, 0.5) is 11.5 Å². The zero-order valence-corrected chi connectivity index (χ0v) is 10.6. The zero-order chi connectivity index (χ0) is 12.4. The van der Waals surface area contributed by atoms with E-state index in [1.807, 2.05) is 6.92 Å². The Labute approximate surface area is 106 Å². The maximum atomic E-state index is 9.10. The van der Waals surface area contributed by atoms with Gasteiger partial charge in [0.15, 0.2) is 5.82 Å². The van der Waals surface area contributed by atoms with Gasteiger partial charge >= 0.3 is 0 Å². The molecule has 0 aromatic carbocycles. The highest BCUT2D eigenvalue weighted by molar-refractivity contribution is 6.28. The van der Waals surface area contributed by atoms with E-state index in [-0.39, 0.29) is 11.9 Å². The fourth-order valence-electron chi connectivity index (χ4n) is 2.10. The first kappa shape index (κ1) is 12.4. The molecule has 0 spiro atoms. The minimum absolute atomic E-state index is 0.232. The largest absolute Gasteiger partial charge is 0.396 e. The maximum absolute atomic E-state index is 9.10.